The predicted molar refractivity (Wildman–Crippen MR) is 144 cm³/mol. The lowest BCUT2D eigenvalue weighted by Gasteiger charge is -2.40. The van der Waals surface area contributed by atoms with Gasteiger partial charge in [0.2, 0.25) is 0 Å². The Morgan fingerprint density at radius 1 is 0.912 bits per heavy atom. The van der Waals surface area contributed by atoms with Gasteiger partial charge in [0.1, 0.15) is 11.4 Å². The maximum Gasteiger partial charge on any atom is 0.145 e. The van der Waals surface area contributed by atoms with E-state index < -0.39 is 0 Å². The number of benzene rings is 1. The molecule has 0 amide bonds. The van der Waals surface area contributed by atoms with E-state index >= 15 is 0 Å². The first-order chi connectivity index (χ1) is 16.5. The van der Waals surface area contributed by atoms with Crippen molar-refractivity contribution in [3.63, 3.8) is 0 Å². The minimum Gasteiger partial charge on any atom is -0.494 e. The third-order valence-corrected chi connectivity index (χ3v) is 14.1. The van der Waals surface area contributed by atoms with Crippen LogP contribution in [0, 0.1) is 5.41 Å². The molecule has 184 valence electrons. The van der Waals surface area contributed by atoms with Gasteiger partial charge < -0.3 is 4.74 Å². The number of fused-ring (bicyclic) bond motifs is 5. The fraction of sp³-hybridized carbons (Fsp3) is 0.700. The molecule has 0 radical (unpaired) electrons. The minimum absolute atomic E-state index is 0.181. The zero-order valence-electron chi connectivity index (χ0n) is 21.8. The molecule has 1 aromatic carbocycles. The molecule has 6 rings (SSSR count). The summed E-state index contributed by atoms with van der Waals surface area (Å²) in [5, 5.41) is 6.73. The van der Waals surface area contributed by atoms with Crippen molar-refractivity contribution in [3.05, 3.63) is 35.7 Å². The number of hydrogen-bond donors (Lipinski definition) is 0. The monoisotopic (exact) mass is 478 g/mol. The Morgan fingerprint density at radius 2 is 1.56 bits per heavy atom. The fourth-order valence-electron chi connectivity index (χ4n) is 8.31. The summed E-state index contributed by atoms with van der Waals surface area (Å²) in [6.45, 7) is 7.50. The van der Waals surface area contributed by atoms with Crippen LogP contribution in [0.1, 0.15) is 115 Å². The zero-order chi connectivity index (χ0) is 23.5. The molecule has 3 nitrogen and oxygen atoms in total. The number of hydrogen-bond acceptors (Lipinski definition) is 2. The Kier molecular flexibility index (Phi) is 5.87. The average Bonchev–Trinajstić information content (AvgIpc) is 3.45. The minimum atomic E-state index is -0.235. The molecule has 4 heteroatoms. The molecule has 0 aliphatic heterocycles. The topological polar surface area (TPSA) is 27.1 Å². The molecule has 2 atom stereocenters. The average molecular weight is 479 g/mol. The van der Waals surface area contributed by atoms with Gasteiger partial charge in [0.15, 0.2) is 0 Å². The maximum atomic E-state index is 6.11. The van der Waals surface area contributed by atoms with Crippen LogP contribution in [-0.2, 0) is 5.41 Å². The van der Waals surface area contributed by atoms with Crippen LogP contribution in [-0.4, -0.2) is 28.2 Å². The van der Waals surface area contributed by atoms with E-state index in [1.807, 2.05) is 7.11 Å². The van der Waals surface area contributed by atoms with Crippen molar-refractivity contribution < 1.29 is 4.74 Å². The highest BCUT2D eigenvalue weighted by Crippen LogP contribution is 2.68. The van der Waals surface area contributed by atoms with Gasteiger partial charge in [0.25, 0.3) is 0 Å². The molecule has 2 aromatic rings. The van der Waals surface area contributed by atoms with E-state index in [0.717, 1.165) is 17.1 Å². The number of rotatable bonds is 5. The highest BCUT2D eigenvalue weighted by Gasteiger charge is 2.61. The SMILES string of the molecule is COc1cccc(P(C2CCCCC2)C2CCCCC2)c1-n1ncc2c1[C@]1(C)CC[C@H]2C1(C)C. The van der Waals surface area contributed by atoms with Crippen LogP contribution in [0.2, 0.25) is 0 Å². The van der Waals surface area contributed by atoms with Crippen molar-refractivity contribution in [2.45, 2.75) is 120 Å². The van der Waals surface area contributed by atoms with Crippen molar-refractivity contribution in [2.24, 2.45) is 5.41 Å². The van der Waals surface area contributed by atoms with Gasteiger partial charge in [-0.25, -0.2) is 4.68 Å². The van der Waals surface area contributed by atoms with E-state index in [4.69, 9.17) is 9.84 Å². The van der Waals surface area contributed by atoms with Crippen molar-refractivity contribution in [3.8, 4) is 11.4 Å². The molecule has 0 unspecified atom stereocenters. The summed E-state index contributed by atoms with van der Waals surface area (Å²) in [6.07, 6.45) is 19.0. The Morgan fingerprint density at radius 3 is 2.18 bits per heavy atom. The van der Waals surface area contributed by atoms with Gasteiger partial charge in [0.05, 0.1) is 19.0 Å². The van der Waals surface area contributed by atoms with E-state index in [1.54, 1.807) is 5.30 Å². The smallest absolute Gasteiger partial charge is 0.145 e. The van der Waals surface area contributed by atoms with Crippen LogP contribution in [0.5, 0.6) is 5.75 Å². The van der Waals surface area contributed by atoms with Crippen LogP contribution in [0.4, 0.5) is 0 Å². The number of nitrogens with zero attached hydrogens (tertiary/aromatic N) is 2. The Balaban J connectivity index is 1.53. The molecule has 0 N–H and O–H groups in total. The van der Waals surface area contributed by atoms with Gasteiger partial charge in [-0.2, -0.15) is 5.10 Å². The Hall–Kier alpha value is -1.34. The Labute approximate surface area is 207 Å². The number of aromatic nitrogens is 2. The lowest BCUT2D eigenvalue weighted by Crippen LogP contribution is -2.35. The first-order valence-electron chi connectivity index (χ1n) is 14.0. The molecule has 3 fully saturated rings. The van der Waals surface area contributed by atoms with E-state index in [0.29, 0.717) is 11.3 Å². The molecule has 2 bridgehead atoms. The number of ether oxygens (including phenoxy) is 1. The van der Waals surface area contributed by atoms with Crippen LogP contribution in [0.3, 0.4) is 0 Å². The van der Waals surface area contributed by atoms with Crippen molar-refractivity contribution in [1.82, 2.24) is 9.78 Å². The Bertz CT molecular complexity index is 1030. The third-order valence-electron chi connectivity index (χ3n) is 10.5. The normalized spacial score (nSPS) is 29.0. The molecule has 34 heavy (non-hydrogen) atoms. The van der Waals surface area contributed by atoms with Crippen molar-refractivity contribution in [1.29, 1.82) is 0 Å². The molecule has 0 saturated heterocycles. The van der Waals surface area contributed by atoms with Crippen molar-refractivity contribution >= 4 is 13.2 Å². The summed E-state index contributed by atoms with van der Waals surface area (Å²) in [6, 6.07) is 6.92. The molecule has 1 heterocycles. The number of methoxy groups -OCH3 is 1. The second-order valence-electron chi connectivity index (χ2n) is 12.3. The fourth-order valence-corrected chi connectivity index (χ4v) is 12.2. The first-order valence-corrected chi connectivity index (χ1v) is 15.5. The summed E-state index contributed by atoms with van der Waals surface area (Å²) in [5.74, 6) is 1.66. The van der Waals surface area contributed by atoms with Crippen LogP contribution >= 0.6 is 7.92 Å². The lowest BCUT2D eigenvalue weighted by molar-refractivity contribution is 0.222. The van der Waals surface area contributed by atoms with E-state index in [2.05, 4.69) is 49.8 Å². The zero-order valence-corrected chi connectivity index (χ0v) is 22.7. The van der Waals surface area contributed by atoms with Gasteiger partial charge in [-0.3, -0.25) is 0 Å². The number of para-hydroxylation sites is 1. The second-order valence-corrected chi connectivity index (χ2v) is 15.1. The van der Waals surface area contributed by atoms with Gasteiger partial charge in [0, 0.05) is 10.7 Å². The molecule has 3 saturated carbocycles. The summed E-state index contributed by atoms with van der Waals surface area (Å²) in [7, 11) is 1.62. The van der Waals surface area contributed by atoms with Gasteiger partial charge in [-0.1, -0.05) is 79.4 Å². The highest BCUT2D eigenvalue weighted by molar-refractivity contribution is 7.67. The van der Waals surface area contributed by atoms with Crippen LogP contribution in [0.15, 0.2) is 24.4 Å². The quantitative estimate of drug-likeness (QED) is 0.410. The van der Waals surface area contributed by atoms with Crippen LogP contribution in [0.25, 0.3) is 5.69 Å². The molecule has 0 spiro atoms. The molecular weight excluding hydrogens is 435 g/mol. The van der Waals surface area contributed by atoms with Gasteiger partial charge in [-0.05, 0) is 72.8 Å². The summed E-state index contributed by atoms with van der Waals surface area (Å²) >= 11 is 0. The highest BCUT2D eigenvalue weighted by atomic mass is 31.1. The summed E-state index contributed by atoms with van der Waals surface area (Å²) in [5.41, 5.74) is 6.49. The lowest BCUT2D eigenvalue weighted by atomic mass is 9.70. The summed E-state index contributed by atoms with van der Waals surface area (Å²) in [4.78, 5) is 0. The molecule has 1 aromatic heterocycles. The standard InChI is InChI=1S/C30H43N2OP/c1-29(2)24-18-19-30(29,3)28-23(24)20-31-32(28)27-25(33-4)16-11-17-26(27)34(21-12-7-5-8-13-21)22-14-9-6-10-15-22/h11,16-17,20-22,24H,5-10,12-15,18-19H2,1-4H3/t24-,30+/m1/s1. The molecule has 4 aliphatic carbocycles. The van der Waals surface area contributed by atoms with Crippen molar-refractivity contribution in [2.75, 3.05) is 7.11 Å². The third kappa shape index (κ3) is 3.28. The molecular formula is C30H43N2OP. The van der Waals surface area contributed by atoms with Gasteiger partial charge >= 0.3 is 0 Å². The van der Waals surface area contributed by atoms with E-state index in [-0.39, 0.29) is 13.3 Å². The van der Waals surface area contributed by atoms with Crippen LogP contribution < -0.4 is 10.0 Å². The van der Waals surface area contributed by atoms with Gasteiger partial charge in [-0.15, -0.1) is 0 Å². The largest absolute Gasteiger partial charge is 0.494 e. The molecule has 4 aliphatic rings. The van der Waals surface area contributed by atoms with E-state index in [1.165, 1.54) is 94.0 Å². The first kappa shape index (κ1) is 23.1. The predicted octanol–water partition coefficient (Wildman–Crippen LogP) is 7.83. The maximum absolute atomic E-state index is 6.11. The summed E-state index contributed by atoms with van der Waals surface area (Å²) < 4.78 is 8.49. The second kappa shape index (κ2) is 8.65. The van der Waals surface area contributed by atoms with E-state index in [9.17, 15) is 0 Å².